The van der Waals surface area contributed by atoms with Crippen molar-refractivity contribution in [2.24, 2.45) is 0 Å². The summed E-state index contributed by atoms with van der Waals surface area (Å²) >= 11 is 0. The molecule has 0 aliphatic carbocycles. The number of rotatable bonds is 41. The second-order valence-corrected chi connectivity index (χ2v) is 16.1. The number of ether oxygens (including phenoxy) is 1. The minimum atomic E-state index is -4.43. The largest absolute Gasteiger partial charge is 0.472 e. The summed E-state index contributed by atoms with van der Waals surface area (Å²) in [6.45, 7) is 3.47. The maximum absolute atomic E-state index is 12.1. The predicted molar refractivity (Wildman–Crippen MR) is 229 cm³/mol. The Bertz CT molecular complexity index is 1040. The molecule has 320 valence electrons. The van der Waals surface area contributed by atoms with Gasteiger partial charge in [0.2, 0.25) is 5.91 Å². The van der Waals surface area contributed by atoms with Crippen molar-refractivity contribution in [3.63, 3.8) is 0 Å². The van der Waals surface area contributed by atoms with Gasteiger partial charge in [-0.2, -0.15) is 0 Å². The van der Waals surface area contributed by atoms with Gasteiger partial charge in [0, 0.05) is 19.4 Å². The van der Waals surface area contributed by atoms with Crippen molar-refractivity contribution in [2.45, 2.75) is 200 Å². The van der Waals surface area contributed by atoms with Crippen LogP contribution in [0.1, 0.15) is 194 Å². The van der Waals surface area contributed by atoms with E-state index in [1.54, 1.807) is 0 Å². The number of amides is 1. The molecular weight excluding hydrogens is 713 g/mol. The average molecular weight is 796 g/mol. The molecule has 0 bridgehead atoms. The van der Waals surface area contributed by atoms with Gasteiger partial charge in [-0.05, 0) is 51.4 Å². The second-order valence-electron chi connectivity index (χ2n) is 14.7. The molecule has 0 aromatic carbocycles. The van der Waals surface area contributed by atoms with Crippen molar-refractivity contribution in [1.82, 2.24) is 5.32 Å². The van der Waals surface area contributed by atoms with Crippen molar-refractivity contribution in [3.8, 4) is 0 Å². The van der Waals surface area contributed by atoms with Crippen LogP contribution in [0.15, 0.2) is 48.6 Å². The first-order chi connectivity index (χ1) is 26.8. The minimum absolute atomic E-state index is 0.0522. The number of aliphatic hydroxyl groups is 1. The first-order valence-electron chi connectivity index (χ1n) is 22.1. The van der Waals surface area contributed by atoms with Gasteiger partial charge in [-0.25, -0.2) is 4.57 Å². The Morgan fingerprint density at radius 2 is 1.00 bits per heavy atom. The second kappa shape index (κ2) is 41.6. The maximum atomic E-state index is 12.1. The summed E-state index contributed by atoms with van der Waals surface area (Å²) in [4.78, 5) is 33.9. The third kappa shape index (κ3) is 42.9. The van der Waals surface area contributed by atoms with Crippen LogP contribution in [0.5, 0.6) is 0 Å². The normalized spacial score (nSPS) is 13.7. The Labute approximate surface area is 336 Å². The van der Waals surface area contributed by atoms with E-state index in [0.29, 0.717) is 12.8 Å². The third-order valence-corrected chi connectivity index (χ3v) is 10.2. The topological polar surface area (TPSA) is 131 Å². The lowest BCUT2D eigenvalue weighted by Crippen LogP contribution is -2.27. The van der Waals surface area contributed by atoms with Crippen LogP contribution in [0.4, 0.5) is 0 Å². The number of carbonyl (C=O) groups excluding carboxylic acids is 2. The first kappa shape index (κ1) is 53.0. The molecule has 0 heterocycles. The third-order valence-electron chi connectivity index (χ3n) is 9.26. The molecule has 0 radical (unpaired) electrons. The SMILES string of the molecule is CCCCC/C=C\C/C=C\C/C=C\C/C=C\CCCC(=O)NCCOP(=O)(O)OCC(O)COC(=O)CCCCCCCCCCCCCCCCCCC. The molecule has 0 aromatic rings. The molecule has 2 atom stereocenters. The lowest BCUT2D eigenvalue weighted by molar-refractivity contribution is -0.147. The number of esters is 1. The van der Waals surface area contributed by atoms with Crippen LogP contribution >= 0.6 is 7.82 Å². The number of phosphoric acid groups is 1. The fourth-order valence-corrected chi connectivity index (χ4v) is 6.66. The lowest BCUT2D eigenvalue weighted by atomic mass is 10.0. The van der Waals surface area contributed by atoms with Crippen molar-refractivity contribution in [1.29, 1.82) is 0 Å². The first-order valence-corrected chi connectivity index (χ1v) is 23.6. The van der Waals surface area contributed by atoms with Crippen LogP contribution in [0.25, 0.3) is 0 Å². The van der Waals surface area contributed by atoms with E-state index in [9.17, 15) is 24.2 Å². The van der Waals surface area contributed by atoms with E-state index in [-0.39, 0.29) is 32.1 Å². The number of unbranched alkanes of at least 4 members (excludes halogenated alkanes) is 20. The van der Waals surface area contributed by atoms with Crippen LogP contribution in [0.3, 0.4) is 0 Å². The molecule has 10 heteroatoms. The summed E-state index contributed by atoms with van der Waals surface area (Å²) in [7, 11) is -4.43. The number of hydrogen-bond donors (Lipinski definition) is 3. The van der Waals surface area contributed by atoms with E-state index in [0.717, 1.165) is 44.9 Å². The smallest absolute Gasteiger partial charge is 0.463 e. The summed E-state index contributed by atoms with van der Waals surface area (Å²) in [6.07, 6.45) is 47.6. The molecule has 0 rings (SSSR count). The van der Waals surface area contributed by atoms with Gasteiger partial charge in [-0.1, -0.05) is 178 Å². The van der Waals surface area contributed by atoms with Gasteiger partial charge in [0.1, 0.15) is 12.7 Å². The predicted octanol–water partition coefficient (Wildman–Crippen LogP) is 12.3. The molecule has 2 unspecified atom stereocenters. The molecule has 9 nitrogen and oxygen atoms in total. The molecule has 0 fully saturated rings. The maximum Gasteiger partial charge on any atom is 0.472 e. The zero-order valence-corrected chi connectivity index (χ0v) is 36.0. The Hall–Kier alpha value is -2.03. The van der Waals surface area contributed by atoms with Gasteiger partial charge in [0.15, 0.2) is 0 Å². The van der Waals surface area contributed by atoms with Gasteiger partial charge in [0.25, 0.3) is 0 Å². The van der Waals surface area contributed by atoms with Gasteiger partial charge in [-0.15, -0.1) is 0 Å². The van der Waals surface area contributed by atoms with Crippen LogP contribution in [0, 0.1) is 0 Å². The Balaban J connectivity index is 3.66. The average Bonchev–Trinajstić information content (AvgIpc) is 3.17. The number of nitrogens with one attached hydrogen (secondary N) is 1. The van der Waals surface area contributed by atoms with Crippen molar-refractivity contribution < 1.29 is 37.9 Å². The van der Waals surface area contributed by atoms with Crippen LogP contribution in [-0.2, 0) is 27.9 Å². The highest BCUT2D eigenvalue weighted by Crippen LogP contribution is 2.42. The number of phosphoric ester groups is 1. The van der Waals surface area contributed by atoms with E-state index in [1.165, 1.54) is 116 Å². The molecule has 55 heavy (non-hydrogen) atoms. The molecule has 0 aromatic heterocycles. The van der Waals surface area contributed by atoms with Gasteiger partial charge >= 0.3 is 13.8 Å². The highest BCUT2D eigenvalue weighted by molar-refractivity contribution is 7.47. The lowest BCUT2D eigenvalue weighted by Gasteiger charge is -2.15. The number of carbonyl (C=O) groups is 2. The Kier molecular flexibility index (Phi) is 40.1. The zero-order valence-electron chi connectivity index (χ0n) is 35.1. The van der Waals surface area contributed by atoms with Crippen LogP contribution in [0.2, 0.25) is 0 Å². The van der Waals surface area contributed by atoms with Crippen molar-refractivity contribution in [3.05, 3.63) is 48.6 Å². The Morgan fingerprint density at radius 3 is 1.51 bits per heavy atom. The van der Waals surface area contributed by atoms with Crippen molar-refractivity contribution >= 4 is 19.7 Å². The molecule has 0 aliphatic heterocycles. The van der Waals surface area contributed by atoms with E-state index in [4.69, 9.17) is 13.8 Å². The van der Waals surface area contributed by atoms with Gasteiger partial charge in [0.05, 0.1) is 13.2 Å². The highest BCUT2D eigenvalue weighted by Gasteiger charge is 2.23. The fraction of sp³-hybridized carbons (Fsp3) is 0.778. The van der Waals surface area contributed by atoms with Gasteiger partial charge < -0.3 is 20.1 Å². The summed E-state index contributed by atoms with van der Waals surface area (Å²) in [5, 5.41) is 12.7. The summed E-state index contributed by atoms with van der Waals surface area (Å²) < 4.78 is 26.9. The Morgan fingerprint density at radius 1 is 0.564 bits per heavy atom. The van der Waals surface area contributed by atoms with Crippen molar-refractivity contribution in [2.75, 3.05) is 26.4 Å². The van der Waals surface area contributed by atoms with E-state index in [2.05, 4.69) is 67.8 Å². The zero-order chi connectivity index (χ0) is 40.3. The molecule has 0 saturated heterocycles. The monoisotopic (exact) mass is 796 g/mol. The molecular formula is C45H82NO8P. The molecule has 3 N–H and O–H groups in total. The molecule has 0 spiro atoms. The van der Waals surface area contributed by atoms with Gasteiger partial charge in [-0.3, -0.25) is 18.6 Å². The van der Waals surface area contributed by atoms with E-state index in [1.807, 2.05) is 0 Å². The number of hydrogen-bond acceptors (Lipinski definition) is 7. The minimum Gasteiger partial charge on any atom is -0.463 e. The number of allylic oxidation sites excluding steroid dienone is 8. The molecule has 0 saturated carbocycles. The van der Waals surface area contributed by atoms with E-state index < -0.39 is 26.5 Å². The summed E-state index contributed by atoms with van der Waals surface area (Å²) in [6, 6.07) is 0. The van der Waals surface area contributed by atoms with E-state index >= 15 is 0 Å². The van der Waals surface area contributed by atoms with Crippen LogP contribution < -0.4 is 5.32 Å². The molecule has 0 aliphatic rings. The fourth-order valence-electron chi connectivity index (χ4n) is 5.90. The molecule has 1 amide bonds. The number of aliphatic hydroxyl groups excluding tert-OH is 1. The summed E-state index contributed by atoms with van der Waals surface area (Å²) in [5.74, 6) is -0.571. The highest BCUT2D eigenvalue weighted by atomic mass is 31.2. The quantitative estimate of drug-likeness (QED) is 0.0241. The summed E-state index contributed by atoms with van der Waals surface area (Å²) in [5.41, 5.74) is 0. The van der Waals surface area contributed by atoms with Crippen LogP contribution in [-0.4, -0.2) is 54.3 Å². The standard InChI is InChI=1S/C45H82NO8P/c1-3-5-7-9-11-13-15-17-19-21-23-25-27-29-31-33-35-37-44(48)46-39-40-53-55(50,51)54-42-43(47)41-52-45(49)38-36-34-32-30-28-26-24-22-20-18-16-14-12-10-8-6-4-2/h11,13,17,19,23,25,29,31,43,47H,3-10,12,14-16,18,20-22,24,26-28,30,32-42H2,1-2H3,(H,46,48)(H,50,51)/b13-11-,19-17-,25-23-,31-29-.